The van der Waals surface area contributed by atoms with Gasteiger partial charge < -0.3 is 14.5 Å². The second-order valence-corrected chi connectivity index (χ2v) is 13.9. The summed E-state index contributed by atoms with van der Waals surface area (Å²) in [5, 5.41) is 6.25. The fourth-order valence-corrected chi connectivity index (χ4v) is 8.03. The Morgan fingerprint density at radius 1 is 0.291 bits per heavy atom. The minimum Gasteiger partial charge on any atom is -0.355 e. The van der Waals surface area contributed by atoms with Crippen LogP contribution in [0.3, 0.4) is 0 Å². The van der Waals surface area contributed by atoms with Crippen LogP contribution in [0.15, 0.2) is 219 Å². The number of hydrogen-bond acceptors (Lipinski definition) is 1. The number of hydrogen-bond donors (Lipinski definition) is 1. The minimum absolute atomic E-state index is 1.03. The Morgan fingerprint density at radius 3 is 1.11 bits per heavy atom. The van der Waals surface area contributed by atoms with Crippen LogP contribution in [0.2, 0.25) is 0 Å². The molecule has 10 rings (SSSR count). The van der Waals surface area contributed by atoms with Crippen molar-refractivity contribution in [1.29, 1.82) is 0 Å². The Kier molecular flexibility index (Phi) is 8.16. The molecule has 260 valence electrons. The van der Waals surface area contributed by atoms with Crippen molar-refractivity contribution >= 4 is 33.2 Å². The molecule has 10 aromatic rings. The number of fused-ring (bicyclic) bond motifs is 2. The average Bonchev–Trinajstić information content (AvgIpc) is 3.90. The van der Waals surface area contributed by atoms with Crippen LogP contribution in [0.4, 0.5) is 11.4 Å². The quantitative estimate of drug-likeness (QED) is 0.167. The molecule has 0 amide bonds. The van der Waals surface area contributed by atoms with Crippen LogP contribution in [-0.2, 0) is 0 Å². The Hall–Kier alpha value is -7.36. The summed E-state index contributed by atoms with van der Waals surface area (Å²) in [6.07, 6.45) is 4.35. The summed E-state index contributed by atoms with van der Waals surface area (Å²) in [6, 6.07) is 73.8. The number of nitrogens with one attached hydrogen (secondary N) is 1. The van der Waals surface area contributed by atoms with Crippen LogP contribution >= 0.6 is 0 Å². The highest BCUT2D eigenvalue weighted by Gasteiger charge is 2.17. The second kappa shape index (κ2) is 13.9. The number of benzene rings is 8. The molecule has 3 nitrogen and oxygen atoms in total. The van der Waals surface area contributed by atoms with Crippen LogP contribution in [-0.4, -0.2) is 9.13 Å². The van der Waals surface area contributed by atoms with E-state index < -0.39 is 0 Å². The first-order valence-electron chi connectivity index (χ1n) is 18.8. The summed E-state index contributed by atoms with van der Waals surface area (Å²) in [5.41, 5.74) is 16.3. The van der Waals surface area contributed by atoms with Gasteiger partial charge in [0.1, 0.15) is 0 Å². The minimum atomic E-state index is 1.03. The molecule has 2 heterocycles. The monoisotopic (exact) mass is 703 g/mol. The van der Waals surface area contributed by atoms with Crippen molar-refractivity contribution < 1.29 is 0 Å². The van der Waals surface area contributed by atoms with Crippen molar-refractivity contribution in [3.8, 4) is 55.9 Å². The first kappa shape index (κ1) is 32.3. The first-order chi connectivity index (χ1) is 27.3. The van der Waals surface area contributed by atoms with Crippen LogP contribution in [0, 0.1) is 0 Å². The zero-order chi connectivity index (χ0) is 36.6. The molecule has 0 saturated carbocycles. The third kappa shape index (κ3) is 5.98. The molecule has 0 bridgehead atoms. The normalized spacial score (nSPS) is 11.3. The van der Waals surface area contributed by atoms with Crippen LogP contribution < -0.4 is 5.32 Å². The summed E-state index contributed by atoms with van der Waals surface area (Å²) in [5.74, 6) is 0. The Bertz CT molecular complexity index is 2720. The van der Waals surface area contributed by atoms with Gasteiger partial charge in [0.25, 0.3) is 0 Å². The summed E-state index contributed by atoms with van der Waals surface area (Å²) in [6.45, 7) is 0. The van der Waals surface area contributed by atoms with E-state index in [4.69, 9.17) is 0 Å². The molecular formula is C52H37N3. The van der Waals surface area contributed by atoms with Crippen molar-refractivity contribution in [3.63, 3.8) is 0 Å². The smallest absolute Gasteiger partial charge is 0.0534 e. The fourth-order valence-electron chi connectivity index (χ4n) is 8.03. The highest BCUT2D eigenvalue weighted by Crippen LogP contribution is 2.42. The van der Waals surface area contributed by atoms with Gasteiger partial charge in [-0.3, -0.25) is 0 Å². The topological polar surface area (TPSA) is 21.9 Å². The molecule has 0 aliphatic heterocycles. The van der Waals surface area contributed by atoms with E-state index >= 15 is 0 Å². The summed E-state index contributed by atoms with van der Waals surface area (Å²) in [7, 11) is 0. The molecule has 55 heavy (non-hydrogen) atoms. The standard InChI is InChI=1S/C52H37N3/c1-5-15-37(16-6-1)49-35-39(27-29-45(49)43-23-13-25-51-47(43)31-33-54(51)41-19-9-3-10-20-41)53-40-28-30-46(50(36-40)38-17-7-2-8-18-38)44-24-14-26-52-48(44)32-34-55(52)42-21-11-4-12-22-42/h1-36,53H. The molecular weight excluding hydrogens is 667 g/mol. The van der Waals surface area contributed by atoms with Gasteiger partial charge >= 0.3 is 0 Å². The molecule has 3 heteroatoms. The zero-order valence-electron chi connectivity index (χ0n) is 30.2. The largest absolute Gasteiger partial charge is 0.355 e. The van der Waals surface area contributed by atoms with Crippen molar-refractivity contribution in [3.05, 3.63) is 219 Å². The maximum absolute atomic E-state index is 3.80. The lowest BCUT2D eigenvalue weighted by molar-refractivity contribution is 1.13. The molecule has 0 aliphatic rings. The maximum atomic E-state index is 3.80. The maximum Gasteiger partial charge on any atom is 0.0534 e. The first-order valence-corrected chi connectivity index (χ1v) is 18.8. The van der Waals surface area contributed by atoms with Gasteiger partial charge in [-0.15, -0.1) is 0 Å². The average molecular weight is 704 g/mol. The van der Waals surface area contributed by atoms with Crippen LogP contribution in [0.1, 0.15) is 0 Å². The molecule has 1 N–H and O–H groups in total. The number of anilines is 2. The molecule has 0 unspecified atom stereocenters. The van der Waals surface area contributed by atoms with Gasteiger partial charge in [-0.25, -0.2) is 0 Å². The molecule has 0 fully saturated rings. The number of rotatable bonds is 8. The number of nitrogens with zero attached hydrogens (tertiary/aromatic N) is 2. The summed E-state index contributed by atoms with van der Waals surface area (Å²) < 4.78 is 4.54. The summed E-state index contributed by atoms with van der Waals surface area (Å²) >= 11 is 0. The van der Waals surface area contributed by atoms with E-state index in [1.54, 1.807) is 0 Å². The Balaban J connectivity index is 1.06. The SMILES string of the molecule is c1ccc(-c2cc(Nc3ccc(-c4cccc5c4ccn5-c4ccccc4)c(-c4ccccc4)c3)ccc2-c2cccc3c2ccn3-c2ccccc2)cc1. The predicted octanol–water partition coefficient (Wildman–Crippen LogP) is 14.0. The van der Waals surface area contributed by atoms with Gasteiger partial charge in [-0.05, 0) is 117 Å². The fraction of sp³-hybridized carbons (Fsp3) is 0. The third-order valence-corrected chi connectivity index (χ3v) is 10.6. The van der Waals surface area contributed by atoms with Gasteiger partial charge in [0.2, 0.25) is 0 Å². The van der Waals surface area contributed by atoms with E-state index in [2.05, 4.69) is 233 Å². The van der Waals surface area contributed by atoms with Crippen LogP contribution in [0.25, 0.3) is 77.7 Å². The van der Waals surface area contributed by atoms with Gasteiger partial charge in [-0.2, -0.15) is 0 Å². The Labute approximate surface area is 321 Å². The lowest BCUT2D eigenvalue weighted by Gasteiger charge is -2.17. The molecule has 0 atom stereocenters. The van der Waals surface area contributed by atoms with Gasteiger partial charge in [0, 0.05) is 45.9 Å². The molecule has 0 aliphatic carbocycles. The van der Waals surface area contributed by atoms with E-state index in [-0.39, 0.29) is 0 Å². The van der Waals surface area contributed by atoms with E-state index in [1.807, 2.05) is 0 Å². The zero-order valence-corrected chi connectivity index (χ0v) is 30.2. The molecule has 0 radical (unpaired) electrons. The molecule has 0 spiro atoms. The van der Waals surface area contributed by atoms with Gasteiger partial charge in [-0.1, -0.05) is 133 Å². The Morgan fingerprint density at radius 2 is 0.691 bits per heavy atom. The molecule has 2 aromatic heterocycles. The van der Waals surface area contributed by atoms with Gasteiger partial charge in [0.15, 0.2) is 0 Å². The van der Waals surface area contributed by atoms with Crippen molar-refractivity contribution in [2.24, 2.45) is 0 Å². The second-order valence-electron chi connectivity index (χ2n) is 13.9. The van der Waals surface area contributed by atoms with E-state index in [0.717, 1.165) is 22.7 Å². The number of aromatic nitrogens is 2. The lowest BCUT2D eigenvalue weighted by atomic mass is 9.91. The highest BCUT2D eigenvalue weighted by atomic mass is 15.0. The number of para-hydroxylation sites is 2. The highest BCUT2D eigenvalue weighted by molar-refractivity contribution is 6.02. The van der Waals surface area contributed by atoms with E-state index in [1.165, 1.54) is 66.3 Å². The van der Waals surface area contributed by atoms with Crippen molar-refractivity contribution in [2.45, 2.75) is 0 Å². The van der Waals surface area contributed by atoms with E-state index in [9.17, 15) is 0 Å². The van der Waals surface area contributed by atoms with Crippen molar-refractivity contribution in [2.75, 3.05) is 5.32 Å². The molecule has 0 saturated heterocycles. The third-order valence-electron chi connectivity index (χ3n) is 10.6. The van der Waals surface area contributed by atoms with Crippen molar-refractivity contribution in [1.82, 2.24) is 9.13 Å². The summed E-state index contributed by atoms with van der Waals surface area (Å²) in [4.78, 5) is 0. The predicted molar refractivity (Wildman–Crippen MR) is 232 cm³/mol. The van der Waals surface area contributed by atoms with Crippen LogP contribution in [0.5, 0.6) is 0 Å². The lowest BCUT2D eigenvalue weighted by Crippen LogP contribution is -1.95. The van der Waals surface area contributed by atoms with E-state index in [0.29, 0.717) is 0 Å². The molecule has 8 aromatic carbocycles. The van der Waals surface area contributed by atoms with Gasteiger partial charge in [0.05, 0.1) is 11.0 Å².